The van der Waals surface area contributed by atoms with Crippen LogP contribution in [0.2, 0.25) is 0 Å². The van der Waals surface area contributed by atoms with Gasteiger partial charge in [0.05, 0.1) is 13.2 Å². The maximum atomic E-state index is 11.5. The van der Waals surface area contributed by atoms with Gasteiger partial charge in [-0.1, -0.05) is 13.3 Å². The Kier molecular flexibility index (Phi) is 7.54. The topological polar surface area (TPSA) is 72.6 Å². The Balaban J connectivity index is 4.35. The van der Waals surface area contributed by atoms with Gasteiger partial charge in [-0.15, -0.1) is 0 Å². The average molecular weight is 230 g/mol. The van der Waals surface area contributed by atoms with Crippen LogP contribution in [0.3, 0.4) is 0 Å². The van der Waals surface area contributed by atoms with Gasteiger partial charge in [-0.05, 0) is 26.8 Å². The molecule has 0 aliphatic carbocycles. The standard InChI is InChI=1S/C11H22N2O3/c1-4-6-7-13(8-10(12)14)9(3)11(15)16-5-2/h9H,4-8H2,1-3H3,(H2,12,14). The lowest BCUT2D eigenvalue weighted by Gasteiger charge is -2.25. The first-order valence-corrected chi connectivity index (χ1v) is 5.71. The van der Waals surface area contributed by atoms with Crippen molar-refractivity contribution in [3.8, 4) is 0 Å². The second-order valence-corrected chi connectivity index (χ2v) is 3.72. The minimum Gasteiger partial charge on any atom is -0.465 e. The summed E-state index contributed by atoms with van der Waals surface area (Å²) in [5.41, 5.74) is 5.14. The molecule has 1 unspecified atom stereocenters. The summed E-state index contributed by atoms with van der Waals surface area (Å²) in [6.07, 6.45) is 1.93. The number of ether oxygens (including phenoxy) is 1. The molecule has 0 aliphatic rings. The highest BCUT2D eigenvalue weighted by Gasteiger charge is 2.22. The normalized spacial score (nSPS) is 12.5. The molecule has 1 atom stereocenters. The zero-order valence-corrected chi connectivity index (χ0v) is 10.4. The number of hydrogen-bond donors (Lipinski definition) is 1. The molecule has 0 bridgehead atoms. The molecule has 5 heteroatoms. The van der Waals surface area contributed by atoms with Gasteiger partial charge in [-0.25, -0.2) is 0 Å². The van der Waals surface area contributed by atoms with Crippen LogP contribution in [-0.4, -0.2) is 42.5 Å². The van der Waals surface area contributed by atoms with Crippen LogP contribution < -0.4 is 5.73 Å². The number of esters is 1. The van der Waals surface area contributed by atoms with E-state index in [-0.39, 0.29) is 12.5 Å². The monoisotopic (exact) mass is 230 g/mol. The number of hydrogen-bond acceptors (Lipinski definition) is 4. The molecule has 5 nitrogen and oxygen atoms in total. The highest BCUT2D eigenvalue weighted by atomic mass is 16.5. The first kappa shape index (κ1) is 14.9. The van der Waals surface area contributed by atoms with Crippen LogP contribution in [-0.2, 0) is 14.3 Å². The summed E-state index contributed by atoms with van der Waals surface area (Å²) < 4.78 is 4.91. The number of nitrogens with zero attached hydrogens (tertiary/aromatic N) is 1. The molecule has 0 saturated carbocycles. The van der Waals surface area contributed by atoms with Crippen LogP contribution in [0, 0.1) is 0 Å². The molecule has 0 spiro atoms. The summed E-state index contributed by atoms with van der Waals surface area (Å²) in [4.78, 5) is 24.2. The van der Waals surface area contributed by atoms with Crippen LogP contribution in [0.5, 0.6) is 0 Å². The van der Waals surface area contributed by atoms with Crippen molar-refractivity contribution in [3.05, 3.63) is 0 Å². The summed E-state index contributed by atoms with van der Waals surface area (Å²) in [5.74, 6) is -0.730. The Morgan fingerprint density at radius 2 is 2.00 bits per heavy atom. The average Bonchev–Trinajstić information content (AvgIpc) is 2.23. The Morgan fingerprint density at radius 3 is 2.44 bits per heavy atom. The van der Waals surface area contributed by atoms with Crippen molar-refractivity contribution >= 4 is 11.9 Å². The van der Waals surface area contributed by atoms with Gasteiger partial charge in [0.2, 0.25) is 5.91 Å². The quantitative estimate of drug-likeness (QED) is 0.617. The molecule has 0 rings (SSSR count). The van der Waals surface area contributed by atoms with E-state index in [1.165, 1.54) is 0 Å². The van der Waals surface area contributed by atoms with Gasteiger partial charge in [0.1, 0.15) is 6.04 Å². The number of unbranched alkanes of at least 4 members (excludes halogenated alkanes) is 1. The summed E-state index contributed by atoms with van der Waals surface area (Å²) in [6, 6.07) is -0.418. The minimum atomic E-state index is -0.424. The van der Waals surface area contributed by atoms with Crippen LogP contribution >= 0.6 is 0 Å². The summed E-state index contributed by atoms with van der Waals surface area (Å²) in [5, 5.41) is 0. The lowest BCUT2D eigenvalue weighted by Crippen LogP contribution is -2.45. The number of carbonyl (C=O) groups excluding carboxylic acids is 2. The summed E-state index contributed by atoms with van der Waals surface area (Å²) in [7, 11) is 0. The van der Waals surface area contributed by atoms with Gasteiger partial charge in [0, 0.05) is 0 Å². The maximum Gasteiger partial charge on any atom is 0.323 e. The van der Waals surface area contributed by atoms with Gasteiger partial charge >= 0.3 is 5.97 Å². The molecular formula is C11H22N2O3. The molecule has 0 radical (unpaired) electrons. The van der Waals surface area contributed by atoms with Crippen molar-refractivity contribution in [1.29, 1.82) is 0 Å². The molecule has 16 heavy (non-hydrogen) atoms. The number of nitrogens with two attached hydrogens (primary N) is 1. The fourth-order valence-corrected chi connectivity index (χ4v) is 1.38. The van der Waals surface area contributed by atoms with Gasteiger partial charge < -0.3 is 10.5 Å². The highest BCUT2D eigenvalue weighted by molar-refractivity contribution is 5.79. The third-order valence-corrected chi connectivity index (χ3v) is 2.33. The molecule has 0 aliphatic heterocycles. The van der Waals surface area contributed by atoms with Crippen molar-refractivity contribution in [2.75, 3.05) is 19.7 Å². The number of carbonyl (C=O) groups is 2. The first-order chi connectivity index (χ1) is 7.52. The largest absolute Gasteiger partial charge is 0.465 e. The first-order valence-electron chi connectivity index (χ1n) is 5.71. The molecule has 0 saturated heterocycles. The van der Waals surface area contributed by atoms with E-state index in [0.29, 0.717) is 13.2 Å². The smallest absolute Gasteiger partial charge is 0.323 e. The third-order valence-electron chi connectivity index (χ3n) is 2.33. The maximum absolute atomic E-state index is 11.5. The summed E-state index contributed by atoms with van der Waals surface area (Å²) >= 11 is 0. The lowest BCUT2D eigenvalue weighted by molar-refractivity contribution is -0.149. The predicted octanol–water partition coefficient (Wildman–Crippen LogP) is 0.525. The second-order valence-electron chi connectivity index (χ2n) is 3.72. The van der Waals surface area contributed by atoms with E-state index in [2.05, 4.69) is 6.92 Å². The molecule has 0 aromatic rings. The molecule has 94 valence electrons. The zero-order chi connectivity index (χ0) is 12.6. The Bertz CT molecular complexity index is 231. The van der Waals surface area contributed by atoms with E-state index < -0.39 is 11.9 Å². The van der Waals surface area contributed by atoms with E-state index in [1.807, 2.05) is 0 Å². The van der Waals surface area contributed by atoms with E-state index in [9.17, 15) is 9.59 Å². The molecule has 0 aromatic heterocycles. The van der Waals surface area contributed by atoms with Gasteiger partial charge in [-0.2, -0.15) is 0 Å². The van der Waals surface area contributed by atoms with Gasteiger partial charge in [0.25, 0.3) is 0 Å². The van der Waals surface area contributed by atoms with Crippen LogP contribution in [0.15, 0.2) is 0 Å². The van der Waals surface area contributed by atoms with Crippen LogP contribution in [0.25, 0.3) is 0 Å². The molecule has 1 amide bonds. The van der Waals surface area contributed by atoms with E-state index >= 15 is 0 Å². The Labute approximate surface area is 96.9 Å². The zero-order valence-electron chi connectivity index (χ0n) is 10.4. The van der Waals surface area contributed by atoms with Crippen molar-refractivity contribution in [2.45, 2.75) is 39.7 Å². The van der Waals surface area contributed by atoms with Crippen LogP contribution in [0.4, 0.5) is 0 Å². The second kappa shape index (κ2) is 8.10. The predicted molar refractivity (Wildman–Crippen MR) is 61.8 cm³/mol. The SMILES string of the molecule is CCCCN(CC(N)=O)C(C)C(=O)OCC. The van der Waals surface area contributed by atoms with Gasteiger partial charge in [-0.3, -0.25) is 14.5 Å². The molecule has 0 heterocycles. The fraction of sp³-hybridized carbons (Fsp3) is 0.818. The molecule has 0 fully saturated rings. The Morgan fingerprint density at radius 1 is 1.38 bits per heavy atom. The van der Waals surface area contributed by atoms with Crippen molar-refractivity contribution in [1.82, 2.24) is 4.90 Å². The summed E-state index contributed by atoms with van der Waals surface area (Å²) in [6.45, 7) is 6.67. The highest BCUT2D eigenvalue weighted by Crippen LogP contribution is 2.04. The number of primary amides is 1. The fourth-order valence-electron chi connectivity index (χ4n) is 1.38. The van der Waals surface area contributed by atoms with E-state index in [0.717, 1.165) is 12.8 Å². The van der Waals surface area contributed by atoms with Crippen molar-refractivity contribution in [3.63, 3.8) is 0 Å². The molecular weight excluding hydrogens is 208 g/mol. The van der Waals surface area contributed by atoms with Crippen LogP contribution in [0.1, 0.15) is 33.6 Å². The number of amides is 1. The lowest BCUT2D eigenvalue weighted by atomic mass is 10.2. The van der Waals surface area contributed by atoms with E-state index in [4.69, 9.17) is 10.5 Å². The van der Waals surface area contributed by atoms with Gasteiger partial charge in [0.15, 0.2) is 0 Å². The third kappa shape index (κ3) is 5.70. The number of rotatable bonds is 8. The van der Waals surface area contributed by atoms with E-state index in [1.54, 1.807) is 18.7 Å². The molecule has 0 aromatic carbocycles. The minimum absolute atomic E-state index is 0.0972. The van der Waals surface area contributed by atoms with Crippen molar-refractivity contribution in [2.24, 2.45) is 5.73 Å². The van der Waals surface area contributed by atoms with Crippen molar-refractivity contribution < 1.29 is 14.3 Å². The molecule has 2 N–H and O–H groups in total. The Hall–Kier alpha value is -1.10.